The lowest BCUT2D eigenvalue weighted by Gasteiger charge is -2.36. The molecular formula is C23H31N3O3S. The van der Waals surface area contributed by atoms with Crippen molar-refractivity contribution in [1.82, 2.24) is 4.90 Å². The van der Waals surface area contributed by atoms with Crippen LogP contribution >= 0.6 is 0 Å². The molecule has 0 aromatic heterocycles. The molecule has 0 spiro atoms. The van der Waals surface area contributed by atoms with Crippen LogP contribution in [0.4, 0.5) is 11.4 Å². The summed E-state index contributed by atoms with van der Waals surface area (Å²) in [6, 6.07) is 15.3. The molecular weight excluding hydrogens is 398 g/mol. The number of rotatable bonds is 5. The second kappa shape index (κ2) is 8.68. The number of nitrogens with zero attached hydrogens (tertiary/aromatic N) is 2. The smallest absolute Gasteiger partial charge is 0.253 e. The van der Waals surface area contributed by atoms with E-state index in [0.29, 0.717) is 18.8 Å². The van der Waals surface area contributed by atoms with Gasteiger partial charge in [-0.05, 0) is 54.3 Å². The number of benzene rings is 2. The van der Waals surface area contributed by atoms with E-state index in [1.165, 1.54) is 5.56 Å². The summed E-state index contributed by atoms with van der Waals surface area (Å²) in [4.78, 5) is 17.0. The van der Waals surface area contributed by atoms with Crippen molar-refractivity contribution in [2.24, 2.45) is 0 Å². The van der Waals surface area contributed by atoms with E-state index >= 15 is 0 Å². The lowest BCUT2D eigenvalue weighted by molar-refractivity contribution is 0.0746. The van der Waals surface area contributed by atoms with Crippen molar-refractivity contribution in [2.75, 3.05) is 41.6 Å². The Labute approximate surface area is 179 Å². The quantitative estimate of drug-likeness (QED) is 0.787. The molecule has 3 rings (SSSR count). The summed E-state index contributed by atoms with van der Waals surface area (Å²) in [5.74, 6) is 0.114. The SMILES string of the molecule is CCS(=O)(=O)Nc1ccc(N2CCN(C(=O)c3ccc(C(C)(C)C)cc3)CC2)cc1. The molecule has 0 unspecified atom stereocenters. The predicted molar refractivity (Wildman–Crippen MR) is 123 cm³/mol. The Kier molecular flexibility index (Phi) is 6.41. The molecule has 6 nitrogen and oxygen atoms in total. The molecule has 1 fully saturated rings. The molecule has 0 aliphatic carbocycles. The average Bonchev–Trinajstić information content (AvgIpc) is 2.73. The van der Waals surface area contributed by atoms with Crippen molar-refractivity contribution in [3.8, 4) is 0 Å². The summed E-state index contributed by atoms with van der Waals surface area (Å²) in [6.07, 6.45) is 0. The normalized spacial score (nSPS) is 15.2. The van der Waals surface area contributed by atoms with Crippen molar-refractivity contribution in [2.45, 2.75) is 33.1 Å². The van der Waals surface area contributed by atoms with Crippen LogP contribution in [0.15, 0.2) is 48.5 Å². The van der Waals surface area contributed by atoms with Gasteiger partial charge in [-0.25, -0.2) is 8.42 Å². The molecule has 2 aromatic rings. The van der Waals surface area contributed by atoms with Gasteiger partial charge in [-0.3, -0.25) is 9.52 Å². The Bertz CT molecular complexity index is 970. The molecule has 1 N–H and O–H groups in total. The molecule has 1 heterocycles. The fourth-order valence-electron chi connectivity index (χ4n) is 3.46. The molecule has 1 saturated heterocycles. The third-order valence-corrected chi connectivity index (χ3v) is 6.76. The van der Waals surface area contributed by atoms with Crippen molar-refractivity contribution in [3.63, 3.8) is 0 Å². The minimum Gasteiger partial charge on any atom is -0.368 e. The first-order valence-corrected chi connectivity index (χ1v) is 12.0. The summed E-state index contributed by atoms with van der Waals surface area (Å²) in [7, 11) is -3.27. The van der Waals surface area contributed by atoms with Crippen molar-refractivity contribution >= 4 is 27.3 Å². The van der Waals surface area contributed by atoms with Gasteiger partial charge in [-0.2, -0.15) is 0 Å². The van der Waals surface area contributed by atoms with Crippen LogP contribution in [-0.4, -0.2) is 51.2 Å². The van der Waals surface area contributed by atoms with Gasteiger partial charge in [0, 0.05) is 43.1 Å². The van der Waals surface area contributed by atoms with Gasteiger partial charge < -0.3 is 9.80 Å². The second-order valence-electron chi connectivity index (χ2n) is 8.66. The third-order valence-electron chi connectivity index (χ3n) is 5.45. The van der Waals surface area contributed by atoms with Gasteiger partial charge in [0.15, 0.2) is 0 Å². The van der Waals surface area contributed by atoms with E-state index in [2.05, 4.69) is 30.4 Å². The summed E-state index contributed by atoms with van der Waals surface area (Å²) in [5.41, 5.74) is 3.60. The second-order valence-corrected chi connectivity index (χ2v) is 10.7. The average molecular weight is 430 g/mol. The molecule has 7 heteroatoms. The first-order valence-electron chi connectivity index (χ1n) is 10.3. The highest BCUT2D eigenvalue weighted by Crippen LogP contribution is 2.24. The molecule has 30 heavy (non-hydrogen) atoms. The summed E-state index contributed by atoms with van der Waals surface area (Å²) < 4.78 is 25.9. The molecule has 2 aromatic carbocycles. The Hall–Kier alpha value is -2.54. The fraction of sp³-hybridized carbons (Fsp3) is 0.435. The maximum absolute atomic E-state index is 12.9. The monoisotopic (exact) mass is 429 g/mol. The molecule has 1 aliphatic rings. The van der Waals surface area contributed by atoms with E-state index in [-0.39, 0.29) is 17.1 Å². The van der Waals surface area contributed by atoms with Gasteiger partial charge >= 0.3 is 0 Å². The largest absolute Gasteiger partial charge is 0.368 e. The topological polar surface area (TPSA) is 69.7 Å². The highest BCUT2D eigenvalue weighted by Gasteiger charge is 2.23. The minimum absolute atomic E-state index is 0.0453. The number of carbonyl (C=O) groups excluding carboxylic acids is 1. The number of sulfonamides is 1. The number of hydrogen-bond acceptors (Lipinski definition) is 4. The lowest BCUT2D eigenvalue weighted by atomic mass is 9.86. The van der Waals surface area contributed by atoms with Crippen LogP contribution in [0.25, 0.3) is 0 Å². The number of nitrogens with one attached hydrogen (secondary N) is 1. The molecule has 1 aliphatic heterocycles. The maximum atomic E-state index is 12.9. The van der Waals surface area contributed by atoms with Crippen LogP contribution in [0.2, 0.25) is 0 Å². The van der Waals surface area contributed by atoms with Crippen molar-refractivity contribution < 1.29 is 13.2 Å². The van der Waals surface area contributed by atoms with Gasteiger partial charge in [0.2, 0.25) is 10.0 Å². The highest BCUT2D eigenvalue weighted by molar-refractivity contribution is 7.92. The fourth-order valence-corrected chi connectivity index (χ4v) is 4.09. The van der Waals surface area contributed by atoms with E-state index < -0.39 is 10.0 Å². The maximum Gasteiger partial charge on any atom is 0.253 e. The summed E-state index contributed by atoms with van der Waals surface area (Å²) in [6.45, 7) is 10.9. The first-order chi connectivity index (χ1) is 14.1. The van der Waals surface area contributed by atoms with Crippen LogP contribution in [0, 0.1) is 0 Å². The standard InChI is InChI=1S/C23H31N3O3S/c1-5-30(28,29)24-20-10-12-21(13-11-20)25-14-16-26(17-15-25)22(27)18-6-8-19(9-7-18)23(2,3)4/h6-13,24H,5,14-17H2,1-4H3. The van der Waals surface area contributed by atoms with Crippen LogP contribution in [0.3, 0.4) is 0 Å². The van der Waals surface area contributed by atoms with Crippen molar-refractivity contribution in [3.05, 3.63) is 59.7 Å². The highest BCUT2D eigenvalue weighted by atomic mass is 32.2. The molecule has 0 saturated carbocycles. The number of carbonyl (C=O) groups is 1. The number of hydrogen-bond donors (Lipinski definition) is 1. The summed E-state index contributed by atoms with van der Waals surface area (Å²) >= 11 is 0. The molecule has 0 atom stereocenters. The summed E-state index contributed by atoms with van der Waals surface area (Å²) in [5, 5.41) is 0. The zero-order valence-electron chi connectivity index (χ0n) is 18.2. The van der Waals surface area contributed by atoms with E-state index in [1.54, 1.807) is 19.1 Å². The van der Waals surface area contributed by atoms with Crippen LogP contribution in [-0.2, 0) is 15.4 Å². The minimum atomic E-state index is -3.27. The Morgan fingerprint density at radius 3 is 2.00 bits per heavy atom. The van der Waals surface area contributed by atoms with E-state index in [1.807, 2.05) is 41.3 Å². The van der Waals surface area contributed by atoms with Crippen LogP contribution in [0.1, 0.15) is 43.6 Å². The molecule has 0 radical (unpaired) electrons. The lowest BCUT2D eigenvalue weighted by Crippen LogP contribution is -2.48. The predicted octanol–water partition coefficient (Wildman–Crippen LogP) is 3.71. The Balaban J connectivity index is 1.58. The van der Waals surface area contributed by atoms with Crippen LogP contribution in [0.5, 0.6) is 0 Å². The first kappa shape index (κ1) is 22.2. The Morgan fingerprint density at radius 1 is 0.933 bits per heavy atom. The van der Waals surface area contributed by atoms with Gasteiger partial charge in [-0.1, -0.05) is 32.9 Å². The zero-order valence-corrected chi connectivity index (χ0v) is 19.0. The van der Waals surface area contributed by atoms with E-state index in [9.17, 15) is 13.2 Å². The molecule has 162 valence electrons. The number of anilines is 2. The zero-order chi connectivity index (χ0) is 21.9. The van der Waals surface area contributed by atoms with Gasteiger partial charge in [0.1, 0.15) is 0 Å². The molecule has 0 bridgehead atoms. The number of piperazine rings is 1. The van der Waals surface area contributed by atoms with E-state index in [0.717, 1.165) is 24.3 Å². The van der Waals surface area contributed by atoms with Gasteiger partial charge in [0.05, 0.1) is 5.75 Å². The van der Waals surface area contributed by atoms with E-state index in [4.69, 9.17) is 0 Å². The Morgan fingerprint density at radius 2 is 1.50 bits per heavy atom. The van der Waals surface area contributed by atoms with Crippen molar-refractivity contribution in [1.29, 1.82) is 0 Å². The van der Waals surface area contributed by atoms with Gasteiger partial charge in [-0.15, -0.1) is 0 Å². The van der Waals surface area contributed by atoms with Gasteiger partial charge in [0.25, 0.3) is 5.91 Å². The number of amides is 1. The third kappa shape index (κ3) is 5.33. The van der Waals surface area contributed by atoms with Crippen LogP contribution < -0.4 is 9.62 Å². The molecule has 1 amide bonds.